The lowest BCUT2D eigenvalue weighted by Gasteiger charge is -2.43. The average molecular weight is 548 g/mol. The average Bonchev–Trinajstić information content (AvgIpc) is 2.95. The Bertz CT molecular complexity index is 1360. The van der Waals surface area contributed by atoms with Crippen LogP contribution >= 0.6 is 0 Å². The third-order valence-electron chi connectivity index (χ3n) is 7.02. The maximum Gasteiger partial charge on any atom is 0.414 e. The summed E-state index contributed by atoms with van der Waals surface area (Å²) in [5.74, 6) is 0.780. The monoisotopic (exact) mass is 547 g/mol. The van der Waals surface area contributed by atoms with Crippen LogP contribution in [-0.4, -0.2) is 48.7 Å². The number of methoxy groups -OCH3 is 2. The summed E-state index contributed by atoms with van der Waals surface area (Å²) in [7, 11) is 3.06. The van der Waals surface area contributed by atoms with E-state index in [1.807, 2.05) is 43.3 Å². The second-order valence-electron chi connectivity index (χ2n) is 9.54. The molecule has 0 saturated heterocycles. The topological polar surface area (TPSA) is 111 Å². The van der Waals surface area contributed by atoms with Gasteiger partial charge >= 0.3 is 6.09 Å². The molecule has 10 heteroatoms. The molecule has 0 fully saturated rings. The third kappa shape index (κ3) is 6.01. The first-order valence-corrected chi connectivity index (χ1v) is 13.1. The Morgan fingerprint density at radius 2 is 1.65 bits per heavy atom. The van der Waals surface area contributed by atoms with Gasteiger partial charge in [0.1, 0.15) is 0 Å². The summed E-state index contributed by atoms with van der Waals surface area (Å²) >= 11 is 0. The Labute approximate surface area is 233 Å². The number of non-ortho nitro benzene ring substituents is 1. The summed E-state index contributed by atoms with van der Waals surface area (Å²) in [5.41, 5.74) is 2.89. The molecule has 10 nitrogen and oxygen atoms in total. The number of benzene rings is 3. The predicted octanol–water partition coefficient (Wildman–Crippen LogP) is 5.68. The number of carbonyl (C=O) groups is 2. The summed E-state index contributed by atoms with van der Waals surface area (Å²) in [6.45, 7) is 4.23. The number of fused-ring (bicyclic) bond motifs is 1. The highest BCUT2D eigenvalue weighted by Gasteiger charge is 2.40. The molecule has 2 atom stereocenters. The number of nitro benzene ring substituents is 1. The number of ether oxygens (including phenoxy) is 3. The van der Waals surface area contributed by atoms with E-state index in [0.29, 0.717) is 35.7 Å². The number of carbonyl (C=O) groups excluding carboxylic acids is 2. The first-order valence-electron chi connectivity index (χ1n) is 13.1. The van der Waals surface area contributed by atoms with E-state index in [2.05, 4.69) is 0 Å². The minimum Gasteiger partial charge on any atom is -0.493 e. The van der Waals surface area contributed by atoms with Gasteiger partial charge in [0.05, 0.1) is 43.9 Å². The van der Waals surface area contributed by atoms with Gasteiger partial charge in [-0.1, -0.05) is 42.5 Å². The van der Waals surface area contributed by atoms with Crippen molar-refractivity contribution in [2.75, 3.05) is 25.7 Å². The third-order valence-corrected chi connectivity index (χ3v) is 7.02. The van der Waals surface area contributed by atoms with Crippen molar-refractivity contribution in [2.45, 2.75) is 45.3 Å². The van der Waals surface area contributed by atoms with Crippen LogP contribution in [0.15, 0.2) is 66.7 Å². The summed E-state index contributed by atoms with van der Waals surface area (Å²) in [6, 6.07) is 18.5. The Hall–Kier alpha value is -4.60. The molecule has 1 aliphatic rings. The molecular weight excluding hydrogens is 514 g/mol. The van der Waals surface area contributed by atoms with E-state index >= 15 is 0 Å². The Morgan fingerprint density at radius 1 is 1.00 bits per heavy atom. The maximum atomic E-state index is 14.0. The van der Waals surface area contributed by atoms with E-state index in [0.717, 1.165) is 11.1 Å². The molecule has 40 heavy (non-hydrogen) atoms. The van der Waals surface area contributed by atoms with E-state index < -0.39 is 17.1 Å². The molecule has 3 aromatic rings. The smallest absolute Gasteiger partial charge is 0.414 e. The van der Waals surface area contributed by atoms with Crippen LogP contribution < -0.4 is 14.4 Å². The molecule has 0 bridgehead atoms. The van der Waals surface area contributed by atoms with Crippen molar-refractivity contribution in [3.05, 3.63) is 93.5 Å². The molecule has 0 aliphatic carbocycles. The number of anilines is 1. The first-order chi connectivity index (χ1) is 19.3. The van der Waals surface area contributed by atoms with E-state index in [9.17, 15) is 19.7 Å². The molecule has 2 amide bonds. The minimum absolute atomic E-state index is 0.0347. The summed E-state index contributed by atoms with van der Waals surface area (Å²) in [4.78, 5) is 41.0. The lowest BCUT2D eigenvalue weighted by atomic mass is 9.89. The highest BCUT2D eigenvalue weighted by molar-refractivity contribution is 5.91. The quantitative estimate of drug-likeness (QED) is 0.250. The van der Waals surface area contributed by atoms with Gasteiger partial charge in [0, 0.05) is 36.3 Å². The van der Waals surface area contributed by atoms with Crippen LogP contribution in [0.25, 0.3) is 0 Å². The van der Waals surface area contributed by atoms with Gasteiger partial charge in [-0.3, -0.25) is 19.8 Å². The van der Waals surface area contributed by atoms with E-state index in [4.69, 9.17) is 14.2 Å². The van der Waals surface area contributed by atoms with Crippen molar-refractivity contribution >= 4 is 23.4 Å². The molecular formula is C30H33N3O7. The van der Waals surface area contributed by atoms with Gasteiger partial charge in [-0.25, -0.2) is 4.79 Å². The second kappa shape index (κ2) is 12.5. The molecule has 0 saturated carbocycles. The maximum absolute atomic E-state index is 14.0. The second-order valence-corrected chi connectivity index (χ2v) is 9.54. The van der Waals surface area contributed by atoms with Crippen LogP contribution in [0.3, 0.4) is 0 Å². The fraction of sp³-hybridized carbons (Fsp3) is 0.333. The van der Waals surface area contributed by atoms with Gasteiger partial charge < -0.3 is 19.1 Å². The molecule has 0 N–H and O–H groups in total. The van der Waals surface area contributed by atoms with Crippen LogP contribution in [-0.2, 0) is 22.5 Å². The first kappa shape index (κ1) is 28.4. The van der Waals surface area contributed by atoms with Crippen LogP contribution in [0.5, 0.6) is 11.5 Å². The van der Waals surface area contributed by atoms with Gasteiger partial charge in [0.25, 0.3) is 5.69 Å². The largest absolute Gasteiger partial charge is 0.493 e. The molecule has 0 spiro atoms. The number of hydrogen-bond acceptors (Lipinski definition) is 7. The minimum atomic E-state index is -0.478. The lowest BCUT2D eigenvalue weighted by molar-refractivity contribution is -0.384. The molecule has 1 heterocycles. The molecule has 210 valence electrons. The van der Waals surface area contributed by atoms with Gasteiger partial charge in [-0.05, 0) is 37.5 Å². The van der Waals surface area contributed by atoms with E-state index in [1.54, 1.807) is 34.9 Å². The predicted molar refractivity (Wildman–Crippen MR) is 150 cm³/mol. The molecule has 0 radical (unpaired) electrons. The molecule has 0 unspecified atom stereocenters. The highest BCUT2D eigenvalue weighted by Crippen LogP contribution is 2.46. The zero-order valence-electron chi connectivity index (χ0n) is 23.0. The summed E-state index contributed by atoms with van der Waals surface area (Å²) in [6.07, 6.45) is 0.0359. The SMILES string of the molecule is CCOC(=O)N1c2cc(OC)c(OC)cc2[C@H](N(Cc2ccccc2)C(=O)Cc2ccc([N+](=O)[O-])cc2)C[C@@H]1C. The van der Waals surface area contributed by atoms with E-state index in [-0.39, 0.29) is 30.7 Å². The van der Waals surface area contributed by atoms with Crippen LogP contribution in [0.1, 0.15) is 43.0 Å². The standard InChI is InChI=1S/C30H33N3O7/c1-5-40-30(35)32-20(2)15-25(24-17-27(38-3)28(39-4)18-26(24)32)31(19-22-9-7-6-8-10-22)29(34)16-21-11-13-23(14-12-21)33(36)37/h6-14,17-18,20,25H,5,15-16,19H2,1-4H3/t20-,25+/m0/s1. The molecule has 3 aromatic carbocycles. The normalized spacial score (nSPS) is 16.1. The zero-order chi connectivity index (χ0) is 28.8. The fourth-order valence-electron chi connectivity index (χ4n) is 5.08. The Balaban J connectivity index is 1.79. The van der Waals surface area contributed by atoms with Crippen molar-refractivity contribution < 1.29 is 28.7 Å². The number of nitro groups is 1. The van der Waals surface area contributed by atoms with Gasteiger partial charge in [0.2, 0.25) is 5.91 Å². The van der Waals surface area contributed by atoms with Crippen molar-refractivity contribution in [3.63, 3.8) is 0 Å². The fourth-order valence-corrected chi connectivity index (χ4v) is 5.08. The van der Waals surface area contributed by atoms with Crippen molar-refractivity contribution in [1.82, 2.24) is 4.90 Å². The number of nitrogens with zero attached hydrogens (tertiary/aromatic N) is 3. The molecule has 1 aliphatic heterocycles. The van der Waals surface area contributed by atoms with Crippen molar-refractivity contribution in [2.24, 2.45) is 0 Å². The Morgan fingerprint density at radius 3 is 2.25 bits per heavy atom. The van der Waals surface area contributed by atoms with Gasteiger partial charge in [0.15, 0.2) is 11.5 Å². The molecule has 0 aromatic heterocycles. The van der Waals surface area contributed by atoms with E-state index in [1.165, 1.54) is 26.4 Å². The summed E-state index contributed by atoms with van der Waals surface area (Å²) in [5, 5.41) is 11.1. The lowest BCUT2D eigenvalue weighted by Crippen LogP contribution is -2.48. The van der Waals surface area contributed by atoms with Gasteiger partial charge in [-0.15, -0.1) is 0 Å². The number of amides is 2. The van der Waals surface area contributed by atoms with Gasteiger partial charge in [-0.2, -0.15) is 0 Å². The highest BCUT2D eigenvalue weighted by atomic mass is 16.6. The van der Waals surface area contributed by atoms with Crippen LogP contribution in [0.4, 0.5) is 16.2 Å². The molecule has 4 rings (SSSR count). The van der Waals surface area contributed by atoms with Crippen LogP contribution in [0, 0.1) is 10.1 Å². The zero-order valence-corrected chi connectivity index (χ0v) is 23.0. The van der Waals surface area contributed by atoms with Crippen molar-refractivity contribution in [3.8, 4) is 11.5 Å². The van der Waals surface area contributed by atoms with Crippen molar-refractivity contribution in [1.29, 1.82) is 0 Å². The number of rotatable bonds is 9. The number of hydrogen-bond donors (Lipinski definition) is 0. The van der Waals surface area contributed by atoms with Crippen LogP contribution in [0.2, 0.25) is 0 Å². The summed E-state index contributed by atoms with van der Waals surface area (Å²) < 4.78 is 16.5. The Kier molecular flexibility index (Phi) is 8.88.